The molecular weight excluding hydrogens is 364 g/mol. The van der Waals surface area contributed by atoms with Gasteiger partial charge in [0.05, 0.1) is 11.1 Å². The molecule has 2 aliphatic rings. The monoisotopic (exact) mass is 383 g/mol. The van der Waals surface area contributed by atoms with Gasteiger partial charge in [-0.05, 0) is 25.1 Å². The molecule has 9 heteroatoms. The summed E-state index contributed by atoms with van der Waals surface area (Å²) in [6.45, 7) is 2.15. The van der Waals surface area contributed by atoms with E-state index >= 15 is 0 Å². The summed E-state index contributed by atoms with van der Waals surface area (Å²) in [5.74, 6) is -1.06. The third-order valence-electron chi connectivity index (χ3n) is 4.83. The zero-order valence-electron chi connectivity index (χ0n) is 14.6. The van der Waals surface area contributed by atoms with Crippen LogP contribution >= 0.6 is 0 Å². The van der Waals surface area contributed by atoms with Crippen LogP contribution in [0.1, 0.15) is 24.5 Å². The van der Waals surface area contributed by atoms with Crippen LogP contribution in [0.15, 0.2) is 47.6 Å². The number of nitrogens with zero attached hydrogens (tertiary/aromatic N) is 2. The van der Waals surface area contributed by atoms with Crippen molar-refractivity contribution >= 4 is 6.02 Å². The molecule has 3 N–H and O–H groups in total. The average molecular weight is 383 g/mol. The van der Waals surface area contributed by atoms with E-state index in [1.165, 1.54) is 0 Å². The van der Waals surface area contributed by atoms with E-state index in [4.69, 9.17) is 5.73 Å². The zero-order valence-corrected chi connectivity index (χ0v) is 14.6. The summed E-state index contributed by atoms with van der Waals surface area (Å²) >= 11 is 0. The lowest BCUT2D eigenvalue weighted by atomic mass is 9.95. The maximum Gasteiger partial charge on any atom is 0.416 e. The van der Waals surface area contributed by atoms with Gasteiger partial charge in [-0.15, -0.1) is 0 Å². The van der Waals surface area contributed by atoms with Gasteiger partial charge in [0.2, 0.25) is 0 Å². The molecule has 146 valence electrons. The van der Waals surface area contributed by atoms with Crippen molar-refractivity contribution in [1.82, 2.24) is 10.2 Å². The topological polar surface area (TPSA) is 76.7 Å². The molecule has 2 unspecified atom stereocenters. The number of nitrogens with one attached hydrogen (secondary N) is 1. The Kier molecular flexibility index (Phi) is 4.67. The number of alkyl halides is 3. The highest BCUT2D eigenvalue weighted by Gasteiger charge is 2.71. The van der Waals surface area contributed by atoms with Gasteiger partial charge in [-0.2, -0.15) is 13.2 Å². The van der Waals surface area contributed by atoms with E-state index in [0.717, 1.165) is 18.2 Å². The molecule has 0 aromatic heterocycles. The van der Waals surface area contributed by atoms with Crippen LogP contribution < -0.4 is 16.2 Å². The van der Waals surface area contributed by atoms with Crippen molar-refractivity contribution in [3.05, 3.63) is 59.6 Å². The summed E-state index contributed by atoms with van der Waals surface area (Å²) in [5, 5.41) is 14.7. The van der Waals surface area contributed by atoms with Gasteiger partial charge >= 0.3 is 6.18 Å². The van der Waals surface area contributed by atoms with Crippen molar-refractivity contribution < 1.29 is 22.7 Å². The van der Waals surface area contributed by atoms with Gasteiger partial charge in [0, 0.05) is 37.3 Å². The molecule has 1 saturated carbocycles. The van der Waals surface area contributed by atoms with Gasteiger partial charge in [-0.1, -0.05) is 18.2 Å². The van der Waals surface area contributed by atoms with Crippen LogP contribution in [0.4, 0.5) is 17.6 Å². The van der Waals surface area contributed by atoms with Crippen LogP contribution in [0.2, 0.25) is 0 Å². The maximum absolute atomic E-state index is 14.5. The van der Waals surface area contributed by atoms with Crippen molar-refractivity contribution in [2.24, 2.45) is 10.7 Å². The van der Waals surface area contributed by atoms with Crippen molar-refractivity contribution in [3.63, 3.8) is 0 Å². The largest absolute Gasteiger partial charge is 0.846 e. The van der Waals surface area contributed by atoms with Gasteiger partial charge in [-0.3, -0.25) is 4.99 Å². The molecule has 1 aromatic carbocycles. The van der Waals surface area contributed by atoms with Crippen molar-refractivity contribution in [2.75, 3.05) is 13.1 Å². The van der Waals surface area contributed by atoms with Crippen LogP contribution in [0.3, 0.4) is 0 Å². The minimum atomic E-state index is -4.78. The number of amidine groups is 1. The normalized spacial score (nSPS) is 27.8. The quantitative estimate of drug-likeness (QED) is 0.472. The third kappa shape index (κ3) is 3.16. The molecule has 0 amide bonds. The molecule has 1 aliphatic heterocycles. The number of aliphatic imine (C=N–C) groups is 1. The van der Waals surface area contributed by atoms with Gasteiger partial charge in [0.15, 0.2) is 0 Å². The number of hydrogen-bond donors (Lipinski definition) is 2. The van der Waals surface area contributed by atoms with Crippen LogP contribution in [0, 0.1) is 5.82 Å². The van der Waals surface area contributed by atoms with Gasteiger partial charge in [-0.25, -0.2) is 4.39 Å². The van der Waals surface area contributed by atoms with E-state index in [9.17, 15) is 22.7 Å². The van der Waals surface area contributed by atoms with E-state index < -0.39 is 40.3 Å². The fourth-order valence-electron chi connectivity index (χ4n) is 3.56. The third-order valence-corrected chi connectivity index (χ3v) is 4.83. The molecule has 5 nitrogen and oxygen atoms in total. The molecule has 1 heterocycles. The van der Waals surface area contributed by atoms with Gasteiger partial charge in [0.1, 0.15) is 11.5 Å². The second-order valence-corrected chi connectivity index (χ2v) is 6.50. The summed E-state index contributed by atoms with van der Waals surface area (Å²) < 4.78 is 55.0. The lowest BCUT2D eigenvalue weighted by molar-refractivity contribution is -0.224. The Morgan fingerprint density at radius 1 is 1.37 bits per heavy atom. The molecule has 1 aromatic rings. The standard InChI is InChI=1S/C18H20F4N4O/c1-2-24-15(27)25-17(26-9-4-3-5-10-26)11-16(17,23)14-12(18(20,21)22)7-6-8-13(14)19/h3-9H,2,10-11,23H2,1H3,(H2,24,25,27)/p-1. The maximum atomic E-state index is 14.5. The lowest BCUT2D eigenvalue weighted by Gasteiger charge is -2.38. The number of allylic oxidation sites excluding steroid dienone is 2. The minimum Gasteiger partial charge on any atom is -0.846 e. The van der Waals surface area contributed by atoms with Gasteiger partial charge < -0.3 is 21.1 Å². The highest BCUT2D eigenvalue weighted by molar-refractivity contribution is 5.72. The summed E-state index contributed by atoms with van der Waals surface area (Å²) in [7, 11) is 0. The predicted octanol–water partition coefficient (Wildman–Crippen LogP) is 1.81. The fraction of sp³-hybridized carbons (Fsp3) is 0.389. The average Bonchev–Trinajstić information content (AvgIpc) is 3.20. The second-order valence-electron chi connectivity index (χ2n) is 6.50. The number of hydrogen-bond acceptors (Lipinski definition) is 4. The smallest absolute Gasteiger partial charge is 0.416 e. The number of nitrogens with two attached hydrogens (primary N) is 1. The summed E-state index contributed by atoms with van der Waals surface area (Å²) in [5.41, 5.74) is 1.34. The van der Waals surface area contributed by atoms with E-state index in [1.807, 2.05) is 0 Å². The summed E-state index contributed by atoms with van der Waals surface area (Å²) in [4.78, 5) is 5.31. The van der Waals surface area contributed by atoms with Crippen LogP contribution in [0.5, 0.6) is 0 Å². The molecule has 27 heavy (non-hydrogen) atoms. The summed E-state index contributed by atoms with van der Waals surface area (Å²) in [6.07, 6.45) is 1.91. The minimum absolute atomic E-state index is 0.0901. The van der Waals surface area contributed by atoms with Crippen LogP contribution in [-0.4, -0.2) is 29.7 Å². The lowest BCUT2D eigenvalue weighted by Crippen LogP contribution is -2.59. The Morgan fingerprint density at radius 2 is 2.11 bits per heavy atom. The zero-order chi connectivity index (χ0) is 19.9. The molecule has 1 fully saturated rings. The Balaban J connectivity index is 2.11. The van der Waals surface area contributed by atoms with Crippen molar-refractivity contribution in [2.45, 2.75) is 30.7 Å². The fourth-order valence-corrected chi connectivity index (χ4v) is 3.56. The molecule has 1 aliphatic carbocycles. The van der Waals surface area contributed by atoms with E-state index in [2.05, 4.69) is 10.3 Å². The molecule has 0 bridgehead atoms. The highest BCUT2D eigenvalue weighted by atomic mass is 19.4. The number of benzene rings is 1. The number of rotatable bonds is 4. The molecule has 0 radical (unpaired) electrons. The van der Waals surface area contributed by atoms with Crippen LogP contribution in [0.25, 0.3) is 0 Å². The Labute approximate surface area is 153 Å². The van der Waals surface area contributed by atoms with E-state index in [0.29, 0.717) is 6.54 Å². The Bertz CT molecular complexity index is 820. The first kappa shape index (κ1) is 19.2. The highest BCUT2D eigenvalue weighted by Crippen LogP contribution is 2.58. The molecular formula is C18H19F4N4O-. The second kappa shape index (κ2) is 6.56. The first-order valence-corrected chi connectivity index (χ1v) is 8.40. The first-order chi connectivity index (χ1) is 12.7. The molecule has 2 atom stereocenters. The number of halogens is 4. The Hall–Kier alpha value is -2.55. The Morgan fingerprint density at radius 3 is 2.70 bits per heavy atom. The SMILES string of the molecule is CCN=C([O-])NC1(N2C=CC=CC2)CC1(N)c1c(F)cccc1C(F)(F)F. The van der Waals surface area contributed by atoms with E-state index in [1.54, 1.807) is 36.3 Å². The summed E-state index contributed by atoms with van der Waals surface area (Å²) in [6, 6.07) is 2.01. The molecule has 0 spiro atoms. The van der Waals surface area contributed by atoms with Crippen molar-refractivity contribution in [3.8, 4) is 0 Å². The first-order valence-electron chi connectivity index (χ1n) is 8.40. The van der Waals surface area contributed by atoms with E-state index in [-0.39, 0.29) is 13.0 Å². The van der Waals surface area contributed by atoms with Gasteiger partial charge in [0.25, 0.3) is 0 Å². The van der Waals surface area contributed by atoms with Crippen molar-refractivity contribution in [1.29, 1.82) is 0 Å². The predicted molar refractivity (Wildman–Crippen MR) is 90.7 cm³/mol. The van der Waals surface area contributed by atoms with Crippen LogP contribution in [-0.2, 0) is 11.7 Å². The molecule has 0 saturated heterocycles. The molecule has 3 rings (SSSR count).